The molecule has 0 saturated carbocycles. The van der Waals surface area contributed by atoms with Gasteiger partial charge in [-0.15, -0.1) is 0 Å². The molecular formula is C25H27F3N2O5. The quantitative estimate of drug-likeness (QED) is 0.450. The Bertz CT molecular complexity index is 1030. The van der Waals surface area contributed by atoms with Crippen LogP contribution in [0.3, 0.4) is 0 Å². The molecule has 10 heteroatoms. The molecule has 0 aliphatic heterocycles. The molecule has 0 fully saturated rings. The van der Waals surface area contributed by atoms with Crippen molar-refractivity contribution in [3.63, 3.8) is 0 Å². The van der Waals surface area contributed by atoms with Gasteiger partial charge in [0.2, 0.25) is 5.91 Å². The number of carbonyl (C=O) groups is 3. The molecule has 3 rings (SSSR count). The molecule has 35 heavy (non-hydrogen) atoms. The van der Waals surface area contributed by atoms with E-state index in [2.05, 4.69) is 5.32 Å². The molecule has 2 aromatic carbocycles. The van der Waals surface area contributed by atoms with Crippen LogP contribution in [0.2, 0.25) is 0 Å². The molecule has 188 valence electrons. The number of unbranched alkanes of at least 4 members (excludes halogenated alkanes) is 1. The SMILES string of the molecule is CCCC[C@H](NC(=O)OCC1c2ccccc2-c2ccccc21)C(=O)NC(CC(=O)O)C(F)(F)F. The van der Waals surface area contributed by atoms with Crippen LogP contribution in [0.15, 0.2) is 48.5 Å². The third-order valence-electron chi connectivity index (χ3n) is 5.89. The number of carboxylic acid groups (broad SMARTS) is 1. The maximum Gasteiger partial charge on any atom is 0.409 e. The molecule has 0 bridgehead atoms. The lowest BCUT2D eigenvalue weighted by molar-refractivity contribution is -0.170. The number of rotatable bonds is 10. The molecule has 0 spiro atoms. The fourth-order valence-corrected chi connectivity index (χ4v) is 4.15. The van der Waals surface area contributed by atoms with E-state index in [4.69, 9.17) is 9.84 Å². The van der Waals surface area contributed by atoms with Crippen LogP contribution in [0.25, 0.3) is 11.1 Å². The van der Waals surface area contributed by atoms with Crippen molar-refractivity contribution >= 4 is 18.0 Å². The molecule has 2 amide bonds. The first-order valence-corrected chi connectivity index (χ1v) is 11.3. The van der Waals surface area contributed by atoms with Crippen molar-refractivity contribution in [3.05, 3.63) is 59.7 Å². The molecule has 0 saturated heterocycles. The van der Waals surface area contributed by atoms with Gasteiger partial charge in [0.15, 0.2) is 0 Å². The van der Waals surface area contributed by atoms with Crippen LogP contribution >= 0.6 is 0 Å². The van der Waals surface area contributed by atoms with E-state index in [1.165, 1.54) is 0 Å². The Morgan fingerprint density at radius 1 is 1.00 bits per heavy atom. The summed E-state index contributed by atoms with van der Waals surface area (Å²) in [5.41, 5.74) is 4.05. The number of fused-ring (bicyclic) bond motifs is 3. The second-order valence-electron chi connectivity index (χ2n) is 8.37. The van der Waals surface area contributed by atoms with Crippen molar-refractivity contribution in [1.82, 2.24) is 10.6 Å². The highest BCUT2D eigenvalue weighted by molar-refractivity contribution is 5.86. The zero-order valence-electron chi connectivity index (χ0n) is 19.1. The van der Waals surface area contributed by atoms with Crippen LogP contribution in [-0.4, -0.2) is 47.9 Å². The lowest BCUT2D eigenvalue weighted by Crippen LogP contribution is -2.54. The average molecular weight is 492 g/mol. The highest BCUT2D eigenvalue weighted by Crippen LogP contribution is 2.44. The first kappa shape index (κ1) is 26.1. The van der Waals surface area contributed by atoms with E-state index in [1.54, 1.807) is 5.32 Å². The number of carboxylic acids is 1. The van der Waals surface area contributed by atoms with Gasteiger partial charge in [-0.1, -0.05) is 68.3 Å². The predicted octanol–water partition coefficient (Wildman–Crippen LogP) is 4.61. The summed E-state index contributed by atoms with van der Waals surface area (Å²) < 4.78 is 44.9. The zero-order valence-corrected chi connectivity index (χ0v) is 19.1. The summed E-state index contributed by atoms with van der Waals surface area (Å²) in [5, 5.41) is 12.8. The number of aliphatic carboxylic acids is 1. The molecular weight excluding hydrogens is 465 g/mol. The van der Waals surface area contributed by atoms with E-state index in [0.29, 0.717) is 12.8 Å². The minimum atomic E-state index is -4.95. The van der Waals surface area contributed by atoms with Crippen molar-refractivity contribution in [2.45, 2.75) is 56.8 Å². The number of ether oxygens (including phenoxy) is 1. The molecule has 7 nitrogen and oxygen atoms in total. The number of amides is 2. The largest absolute Gasteiger partial charge is 0.481 e. The monoisotopic (exact) mass is 492 g/mol. The Labute approximate surface area is 200 Å². The number of benzene rings is 2. The first-order chi connectivity index (χ1) is 16.6. The van der Waals surface area contributed by atoms with Gasteiger partial charge >= 0.3 is 18.2 Å². The number of hydrogen-bond acceptors (Lipinski definition) is 4. The fraction of sp³-hybridized carbons (Fsp3) is 0.400. The normalized spacial score (nSPS) is 14.4. The summed E-state index contributed by atoms with van der Waals surface area (Å²) in [6.45, 7) is 1.80. The number of halogens is 3. The van der Waals surface area contributed by atoms with Gasteiger partial charge in [0.25, 0.3) is 0 Å². The highest BCUT2D eigenvalue weighted by Gasteiger charge is 2.43. The van der Waals surface area contributed by atoms with E-state index in [-0.39, 0.29) is 18.9 Å². The van der Waals surface area contributed by atoms with Crippen LogP contribution in [0.1, 0.15) is 49.7 Å². The predicted molar refractivity (Wildman–Crippen MR) is 122 cm³/mol. The van der Waals surface area contributed by atoms with Crippen molar-refractivity contribution in [3.8, 4) is 11.1 Å². The number of alkyl carbamates (subject to hydrolysis) is 1. The highest BCUT2D eigenvalue weighted by atomic mass is 19.4. The van der Waals surface area contributed by atoms with Crippen LogP contribution in [0.4, 0.5) is 18.0 Å². The van der Waals surface area contributed by atoms with Gasteiger partial charge in [-0.05, 0) is 28.7 Å². The lowest BCUT2D eigenvalue weighted by Gasteiger charge is -2.24. The second-order valence-corrected chi connectivity index (χ2v) is 8.37. The van der Waals surface area contributed by atoms with E-state index >= 15 is 0 Å². The summed E-state index contributed by atoms with van der Waals surface area (Å²) in [5.74, 6) is -3.04. The topological polar surface area (TPSA) is 105 Å². The van der Waals surface area contributed by atoms with Crippen molar-refractivity contribution in [2.75, 3.05) is 6.61 Å². The maximum absolute atomic E-state index is 13.2. The standard InChI is InChI=1S/C25H27F3N2O5/c1-2-3-12-20(23(33)30-21(13-22(31)32)25(26,27)28)29-24(34)35-14-19-17-10-6-4-8-15(17)16-9-5-7-11-18(16)19/h4-11,19-21H,2-3,12-14H2,1H3,(H,29,34)(H,30,33)(H,31,32)/t20-,21?/m0/s1. The van der Waals surface area contributed by atoms with Gasteiger partial charge in [0, 0.05) is 5.92 Å². The van der Waals surface area contributed by atoms with Gasteiger partial charge in [0.1, 0.15) is 18.7 Å². The Balaban J connectivity index is 1.67. The van der Waals surface area contributed by atoms with Crippen LogP contribution < -0.4 is 10.6 Å². The van der Waals surface area contributed by atoms with Gasteiger partial charge in [0.05, 0.1) is 6.42 Å². The Morgan fingerprint density at radius 2 is 1.57 bits per heavy atom. The zero-order chi connectivity index (χ0) is 25.6. The number of alkyl halides is 3. The molecule has 0 heterocycles. The molecule has 0 radical (unpaired) electrons. The number of carbonyl (C=O) groups excluding carboxylic acids is 2. The van der Waals surface area contributed by atoms with Gasteiger partial charge in [-0.25, -0.2) is 4.79 Å². The summed E-state index contributed by atoms with van der Waals surface area (Å²) in [6.07, 6.45) is -6.05. The van der Waals surface area contributed by atoms with Crippen LogP contribution in [0, 0.1) is 0 Å². The molecule has 2 aromatic rings. The molecule has 0 aromatic heterocycles. The maximum atomic E-state index is 13.2. The smallest absolute Gasteiger partial charge is 0.409 e. The Morgan fingerprint density at radius 3 is 2.09 bits per heavy atom. The van der Waals surface area contributed by atoms with E-state index < -0.39 is 42.7 Å². The van der Waals surface area contributed by atoms with E-state index in [1.807, 2.05) is 55.5 Å². The molecule has 1 aliphatic carbocycles. The molecule has 2 atom stereocenters. The van der Waals surface area contributed by atoms with E-state index in [0.717, 1.165) is 22.3 Å². The minimum absolute atomic E-state index is 0.0217. The van der Waals surface area contributed by atoms with Crippen molar-refractivity contribution < 1.29 is 37.4 Å². The van der Waals surface area contributed by atoms with Crippen molar-refractivity contribution in [1.29, 1.82) is 0 Å². The average Bonchev–Trinajstić information content (AvgIpc) is 3.12. The van der Waals surface area contributed by atoms with Crippen molar-refractivity contribution in [2.24, 2.45) is 0 Å². The summed E-state index contributed by atoms with van der Waals surface area (Å²) in [7, 11) is 0. The Kier molecular flexibility index (Phi) is 8.37. The fourth-order valence-electron chi connectivity index (χ4n) is 4.15. The Hall–Kier alpha value is -3.56. The number of nitrogens with one attached hydrogen (secondary N) is 2. The van der Waals surface area contributed by atoms with Gasteiger partial charge in [-0.2, -0.15) is 13.2 Å². The second kappa shape index (κ2) is 11.2. The van der Waals surface area contributed by atoms with E-state index in [9.17, 15) is 27.6 Å². The summed E-state index contributed by atoms with van der Waals surface area (Å²) >= 11 is 0. The molecule has 1 aliphatic rings. The van der Waals surface area contributed by atoms with Crippen LogP contribution in [-0.2, 0) is 14.3 Å². The summed E-state index contributed by atoms with van der Waals surface area (Å²) in [6, 6.07) is 11.6. The third kappa shape index (κ3) is 6.52. The first-order valence-electron chi connectivity index (χ1n) is 11.3. The molecule has 1 unspecified atom stereocenters. The lowest BCUT2D eigenvalue weighted by atomic mass is 9.98. The van der Waals surface area contributed by atoms with Gasteiger partial charge < -0.3 is 20.5 Å². The number of hydrogen-bond donors (Lipinski definition) is 3. The van der Waals surface area contributed by atoms with Crippen LogP contribution in [0.5, 0.6) is 0 Å². The molecule has 3 N–H and O–H groups in total. The minimum Gasteiger partial charge on any atom is -0.481 e. The third-order valence-corrected chi connectivity index (χ3v) is 5.89. The summed E-state index contributed by atoms with van der Waals surface area (Å²) in [4.78, 5) is 35.9. The van der Waals surface area contributed by atoms with Gasteiger partial charge in [-0.3, -0.25) is 9.59 Å².